The number of nitrogens with one attached hydrogen (secondary N) is 2. The molecule has 1 heterocycles. The zero-order valence-electron chi connectivity index (χ0n) is 11.1. The number of hydrogen-bond acceptors (Lipinski definition) is 1. The van der Waals surface area contributed by atoms with E-state index in [9.17, 15) is 0 Å². The van der Waals surface area contributed by atoms with Gasteiger partial charge in [0.1, 0.15) is 0 Å². The van der Waals surface area contributed by atoms with Gasteiger partial charge in [-0.15, -0.1) is 0 Å². The Bertz CT molecular complexity index is 511. The minimum Gasteiger partial charge on any atom is -0.361 e. The van der Waals surface area contributed by atoms with E-state index in [1.807, 2.05) is 0 Å². The van der Waals surface area contributed by atoms with Crippen LogP contribution in [0.3, 0.4) is 0 Å². The number of aromatic amines is 1. The average Bonchev–Trinajstić information content (AvgIpc) is 3.09. The second-order valence-corrected chi connectivity index (χ2v) is 5.64. The Morgan fingerprint density at radius 3 is 3.00 bits per heavy atom. The van der Waals surface area contributed by atoms with Crippen molar-refractivity contribution in [3.8, 4) is 0 Å². The molecule has 1 fully saturated rings. The van der Waals surface area contributed by atoms with Crippen LogP contribution in [0.2, 0.25) is 0 Å². The van der Waals surface area contributed by atoms with Gasteiger partial charge in [-0.3, -0.25) is 0 Å². The highest BCUT2D eigenvalue weighted by atomic mass is 14.9. The molecule has 1 aromatic heterocycles. The van der Waals surface area contributed by atoms with E-state index in [2.05, 4.69) is 47.7 Å². The van der Waals surface area contributed by atoms with Gasteiger partial charge in [0, 0.05) is 23.1 Å². The molecule has 96 valence electrons. The van der Waals surface area contributed by atoms with Crippen molar-refractivity contribution in [3.63, 3.8) is 0 Å². The van der Waals surface area contributed by atoms with Crippen LogP contribution in [0.4, 0.5) is 0 Å². The molecule has 0 spiro atoms. The molecule has 1 aliphatic rings. The van der Waals surface area contributed by atoms with E-state index in [-0.39, 0.29) is 0 Å². The molecule has 0 bridgehead atoms. The molecule has 0 radical (unpaired) electrons. The van der Waals surface area contributed by atoms with Crippen LogP contribution in [-0.2, 0) is 6.42 Å². The number of fused-ring (bicyclic) bond motifs is 1. The van der Waals surface area contributed by atoms with Crippen LogP contribution in [0.5, 0.6) is 0 Å². The van der Waals surface area contributed by atoms with Gasteiger partial charge in [-0.25, -0.2) is 0 Å². The lowest BCUT2D eigenvalue weighted by atomic mass is 10.1. The zero-order chi connectivity index (χ0) is 12.4. The van der Waals surface area contributed by atoms with Crippen molar-refractivity contribution >= 4 is 10.9 Å². The predicted octanol–water partition coefficient (Wildman–Crippen LogP) is 3.49. The summed E-state index contributed by atoms with van der Waals surface area (Å²) in [5.74, 6) is 1.01. The van der Waals surface area contributed by atoms with E-state index in [1.54, 1.807) is 0 Å². The van der Waals surface area contributed by atoms with Gasteiger partial charge in [-0.2, -0.15) is 0 Å². The van der Waals surface area contributed by atoms with E-state index in [1.165, 1.54) is 35.7 Å². The number of benzene rings is 1. The Hall–Kier alpha value is -1.28. The summed E-state index contributed by atoms with van der Waals surface area (Å²) < 4.78 is 0. The summed E-state index contributed by atoms with van der Waals surface area (Å²) in [5, 5.41) is 5.01. The van der Waals surface area contributed by atoms with Crippen molar-refractivity contribution in [1.82, 2.24) is 10.3 Å². The molecule has 2 aromatic rings. The molecule has 18 heavy (non-hydrogen) atoms. The van der Waals surface area contributed by atoms with E-state index in [0.717, 1.165) is 18.9 Å². The maximum absolute atomic E-state index is 3.64. The van der Waals surface area contributed by atoms with Crippen molar-refractivity contribution in [1.29, 1.82) is 0 Å². The fourth-order valence-corrected chi connectivity index (χ4v) is 2.73. The molecule has 0 saturated heterocycles. The molecule has 1 aliphatic carbocycles. The van der Waals surface area contributed by atoms with Gasteiger partial charge >= 0.3 is 0 Å². The van der Waals surface area contributed by atoms with E-state index in [0.29, 0.717) is 6.04 Å². The second kappa shape index (κ2) is 5.15. The van der Waals surface area contributed by atoms with Gasteiger partial charge in [0.05, 0.1) is 0 Å². The van der Waals surface area contributed by atoms with E-state index >= 15 is 0 Å². The molecular weight excluding hydrogens is 220 g/mol. The molecule has 2 N–H and O–H groups in total. The van der Waals surface area contributed by atoms with Crippen LogP contribution in [0.15, 0.2) is 30.5 Å². The third-order valence-electron chi connectivity index (χ3n) is 3.95. The Kier molecular flexibility index (Phi) is 3.37. The molecule has 1 atom stereocenters. The first-order valence-electron chi connectivity index (χ1n) is 7.11. The predicted molar refractivity (Wildman–Crippen MR) is 76.8 cm³/mol. The highest BCUT2D eigenvalue weighted by Crippen LogP contribution is 2.33. The Balaban J connectivity index is 1.53. The first kappa shape index (κ1) is 11.8. The quantitative estimate of drug-likeness (QED) is 0.797. The Labute approximate surface area is 109 Å². The van der Waals surface area contributed by atoms with Gasteiger partial charge in [0.25, 0.3) is 0 Å². The van der Waals surface area contributed by atoms with Crippen LogP contribution in [0, 0.1) is 5.92 Å². The maximum Gasteiger partial charge on any atom is 0.0456 e. The average molecular weight is 242 g/mol. The van der Waals surface area contributed by atoms with Crippen LogP contribution < -0.4 is 5.32 Å². The lowest BCUT2D eigenvalue weighted by Crippen LogP contribution is -2.28. The van der Waals surface area contributed by atoms with Crippen LogP contribution >= 0.6 is 0 Å². The number of hydrogen-bond donors (Lipinski definition) is 2. The van der Waals surface area contributed by atoms with Crippen LogP contribution in [0.25, 0.3) is 10.9 Å². The summed E-state index contributed by atoms with van der Waals surface area (Å²) in [5.41, 5.74) is 2.68. The topological polar surface area (TPSA) is 27.8 Å². The number of aromatic nitrogens is 1. The lowest BCUT2D eigenvalue weighted by Gasteiger charge is -2.12. The third-order valence-corrected chi connectivity index (χ3v) is 3.95. The van der Waals surface area contributed by atoms with Crippen molar-refractivity contribution in [2.75, 3.05) is 6.54 Å². The first-order chi connectivity index (χ1) is 8.83. The van der Waals surface area contributed by atoms with Gasteiger partial charge in [-0.05, 0) is 43.9 Å². The summed E-state index contributed by atoms with van der Waals surface area (Å²) in [6, 6.07) is 9.21. The SMILES string of the molecule is CC(CC1CC1)NCCc1c[nH]c2ccccc12. The molecule has 3 rings (SSSR count). The summed E-state index contributed by atoms with van der Waals surface area (Å²) >= 11 is 0. The molecule has 0 aliphatic heterocycles. The number of H-pyrrole nitrogens is 1. The van der Waals surface area contributed by atoms with Crippen molar-refractivity contribution in [3.05, 3.63) is 36.0 Å². The van der Waals surface area contributed by atoms with Gasteiger partial charge in [-0.1, -0.05) is 31.0 Å². The summed E-state index contributed by atoms with van der Waals surface area (Å²) in [6.45, 7) is 3.39. The highest BCUT2D eigenvalue weighted by Gasteiger charge is 2.23. The summed E-state index contributed by atoms with van der Waals surface area (Å²) in [4.78, 5) is 3.34. The lowest BCUT2D eigenvalue weighted by molar-refractivity contribution is 0.491. The molecule has 1 saturated carbocycles. The monoisotopic (exact) mass is 242 g/mol. The molecule has 2 nitrogen and oxygen atoms in total. The van der Waals surface area contributed by atoms with E-state index in [4.69, 9.17) is 0 Å². The molecule has 2 heteroatoms. The summed E-state index contributed by atoms with van der Waals surface area (Å²) in [7, 11) is 0. The summed E-state index contributed by atoms with van der Waals surface area (Å²) in [6.07, 6.45) is 7.52. The molecule has 0 amide bonds. The Morgan fingerprint density at radius 1 is 1.33 bits per heavy atom. The largest absolute Gasteiger partial charge is 0.361 e. The van der Waals surface area contributed by atoms with Gasteiger partial charge < -0.3 is 10.3 Å². The smallest absolute Gasteiger partial charge is 0.0456 e. The standard InChI is InChI=1S/C16H22N2/c1-12(10-13-6-7-13)17-9-8-14-11-18-16-5-3-2-4-15(14)16/h2-5,11-13,17-18H,6-10H2,1H3. The first-order valence-corrected chi connectivity index (χ1v) is 7.11. The fourth-order valence-electron chi connectivity index (χ4n) is 2.73. The molecule has 1 unspecified atom stereocenters. The Morgan fingerprint density at radius 2 is 2.17 bits per heavy atom. The number of rotatable bonds is 6. The second-order valence-electron chi connectivity index (χ2n) is 5.64. The minimum absolute atomic E-state index is 0.669. The zero-order valence-corrected chi connectivity index (χ0v) is 11.1. The van der Waals surface area contributed by atoms with Crippen molar-refractivity contribution in [2.45, 2.75) is 38.6 Å². The minimum atomic E-state index is 0.669. The van der Waals surface area contributed by atoms with Crippen molar-refractivity contribution < 1.29 is 0 Å². The normalized spacial score (nSPS) is 17.2. The van der Waals surface area contributed by atoms with Crippen molar-refractivity contribution in [2.24, 2.45) is 5.92 Å². The molecular formula is C16H22N2. The van der Waals surface area contributed by atoms with E-state index < -0.39 is 0 Å². The molecule has 1 aromatic carbocycles. The van der Waals surface area contributed by atoms with Gasteiger partial charge in [0.2, 0.25) is 0 Å². The number of para-hydroxylation sites is 1. The van der Waals surface area contributed by atoms with Gasteiger partial charge in [0.15, 0.2) is 0 Å². The maximum atomic E-state index is 3.64. The van der Waals surface area contributed by atoms with Crippen LogP contribution in [0.1, 0.15) is 31.7 Å². The third kappa shape index (κ3) is 2.75. The van der Waals surface area contributed by atoms with Crippen LogP contribution in [-0.4, -0.2) is 17.6 Å². The fraction of sp³-hybridized carbons (Fsp3) is 0.500. The highest BCUT2D eigenvalue weighted by molar-refractivity contribution is 5.83.